The van der Waals surface area contributed by atoms with Crippen molar-refractivity contribution in [3.05, 3.63) is 64.1 Å². The molecule has 1 atom stereocenters. The molecule has 0 radical (unpaired) electrons. The van der Waals surface area contributed by atoms with E-state index < -0.39 is 11.9 Å². The summed E-state index contributed by atoms with van der Waals surface area (Å²) in [6, 6.07) is 14.1. The predicted molar refractivity (Wildman–Crippen MR) is 90.4 cm³/mol. The molecule has 120 valence electrons. The van der Waals surface area contributed by atoms with Crippen molar-refractivity contribution in [3.8, 4) is 5.75 Å². The largest absolute Gasteiger partial charge is 0.507 e. The van der Waals surface area contributed by atoms with Crippen LogP contribution in [-0.4, -0.2) is 24.0 Å². The number of ether oxygens (including phenoxy) is 1. The summed E-state index contributed by atoms with van der Waals surface area (Å²) in [7, 11) is 1.31. The number of Topliss-reactive ketones (excluding diaryl/α,β-unsaturated/α-hetero) is 1. The lowest BCUT2D eigenvalue weighted by molar-refractivity contribution is -0.145. The van der Waals surface area contributed by atoms with Gasteiger partial charge in [-0.05, 0) is 30.2 Å². The van der Waals surface area contributed by atoms with Crippen LogP contribution >= 0.6 is 15.9 Å². The Bertz CT molecular complexity index is 697. The number of phenolic OH excluding ortho intramolecular Hbond substituents is 1. The zero-order valence-electron chi connectivity index (χ0n) is 12.7. The van der Waals surface area contributed by atoms with Crippen LogP contribution in [0.1, 0.15) is 22.3 Å². The summed E-state index contributed by atoms with van der Waals surface area (Å²) in [6.07, 6.45) is 0.388. The van der Waals surface area contributed by atoms with Crippen LogP contribution in [-0.2, 0) is 16.0 Å². The van der Waals surface area contributed by atoms with E-state index in [1.54, 1.807) is 12.1 Å². The summed E-state index contributed by atoms with van der Waals surface area (Å²) in [5, 5.41) is 9.85. The molecule has 0 aliphatic carbocycles. The molecule has 0 spiro atoms. The molecule has 0 aromatic heterocycles. The molecule has 2 aromatic carbocycles. The van der Waals surface area contributed by atoms with Gasteiger partial charge in [0.2, 0.25) is 0 Å². The maximum absolute atomic E-state index is 12.5. The van der Waals surface area contributed by atoms with Crippen molar-refractivity contribution in [3.63, 3.8) is 0 Å². The highest BCUT2D eigenvalue weighted by molar-refractivity contribution is 9.10. The summed E-state index contributed by atoms with van der Waals surface area (Å²) in [6.45, 7) is 0. The number of esters is 1. The highest BCUT2D eigenvalue weighted by Crippen LogP contribution is 2.25. The molecule has 0 bridgehead atoms. The van der Waals surface area contributed by atoms with Crippen LogP contribution in [0.15, 0.2) is 53.0 Å². The Kier molecular flexibility index (Phi) is 5.93. The van der Waals surface area contributed by atoms with Crippen molar-refractivity contribution in [2.45, 2.75) is 12.8 Å². The number of ketones is 1. The van der Waals surface area contributed by atoms with Gasteiger partial charge in [0.05, 0.1) is 18.6 Å². The van der Waals surface area contributed by atoms with Gasteiger partial charge >= 0.3 is 5.97 Å². The van der Waals surface area contributed by atoms with Crippen molar-refractivity contribution < 1.29 is 19.4 Å². The first kappa shape index (κ1) is 17.2. The number of halogens is 1. The highest BCUT2D eigenvalue weighted by Gasteiger charge is 2.25. The van der Waals surface area contributed by atoms with E-state index in [4.69, 9.17) is 4.74 Å². The van der Waals surface area contributed by atoms with Gasteiger partial charge in [-0.3, -0.25) is 9.59 Å². The van der Waals surface area contributed by atoms with E-state index in [0.717, 1.165) is 5.56 Å². The number of hydrogen-bond acceptors (Lipinski definition) is 4. The number of hydrogen-bond donors (Lipinski definition) is 1. The van der Waals surface area contributed by atoms with Gasteiger partial charge in [0.25, 0.3) is 0 Å². The smallest absolute Gasteiger partial charge is 0.309 e. The van der Waals surface area contributed by atoms with Crippen LogP contribution < -0.4 is 0 Å². The molecule has 5 heteroatoms. The average Bonchev–Trinajstić information content (AvgIpc) is 2.56. The first-order valence-corrected chi connectivity index (χ1v) is 7.94. The second kappa shape index (κ2) is 7.92. The van der Waals surface area contributed by atoms with Gasteiger partial charge in [0, 0.05) is 10.9 Å². The number of methoxy groups -OCH3 is 1. The second-order valence-corrected chi connectivity index (χ2v) is 6.11. The van der Waals surface area contributed by atoms with Crippen molar-refractivity contribution >= 4 is 27.7 Å². The highest BCUT2D eigenvalue weighted by atomic mass is 79.9. The number of carbonyl (C=O) groups excluding carboxylic acids is 2. The van der Waals surface area contributed by atoms with Crippen LogP contribution in [0.5, 0.6) is 5.75 Å². The van der Waals surface area contributed by atoms with Gasteiger partial charge in [-0.25, -0.2) is 0 Å². The summed E-state index contributed by atoms with van der Waals surface area (Å²) >= 11 is 3.27. The maximum Gasteiger partial charge on any atom is 0.309 e. The first-order chi connectivity index (χ1) is 11.0. The third-order valence-corrected chi connectivity index (χ3v) is 4.04. The van der Waals surface area contributed by atoms with E-state index in [1.807, 2.05) is 30.3 Å². The quantitative estimate of drug-likeness (QED) is 0.615. The summed E-state index contributed by atoms with van der Waals surface area (Å²) in [5.41, 5.74) is 1.15. The molecule has 0 aliphatic heterocycles. The van der Waals surface area contributed by atoms with Crippen molar-refractivity contribution in [1.82, 2.24) is 0 Å². The predicted octanol–water partition coefficient (Wildman–Crippen LogP) is 3.76. The molecule has 0 amide bonds. The Balaban J connectivity index is 2.18. The lowest BCUT2D eigenvalue weighted by atomic mass is 9.92. The van der Waals surface area contributed by atoms with Crippen LogP contribution in [0.3, 0.4) is 0 Å². The summed E-state index contributed by atoms with van der Waals surface area (Å²) in [5.74, 6) is -1.42. The van der Waals surface area contributed by atoms with Crippen molar-refractivity contribution in [2.75, 3.05) is 7.11 Å². The fourth-order valence-electron chi connectivity index (χ4n) is 2.37. The van der Waals surface area contributed by atoms with Gasteiger partial charge in [0.1, 0.15) is 5.75 Å². The van der Waals surface area contributed by atoms with Gasteiger partial charge in [0.15, 0.2) is 5.78 Å². The van der Waals surface area contributed by atoms with Crippen LogP contribution in [0.25, 0.3) is 0 Å². The summed E-state index contributed by atoms with van der Waals surface area (Å²) in [4.78, 5) is 24.4. The fraction of sp³-hybridized carbons (Fsp3) is 0.222. The number of phenols is 1. The van der Waals surface area contributed by atoms with E-state index in [9.17, 15) is 14.7 Å². The van der Waals surface area contributed by atoms with Crippen molar-refractivity contribution in [1.29, 1.82) is 0 Å². The SMILES string of the molecule is COC(=O)[C@@H](CC(=O)c1cc(Br)ccc1O)Cc1ccccc1. The molecule has 1 N–H and O–H groups in total. The molecule has 0 saturated carbocycles. The molecule has 0 heterocycles. The van der Waals surface area contributed by atoms with Gasteiger partial charge in [-0.2, -0.15) is 0 Å². The van der Waals surface area contributed by atoms with E-state index >= 15 is 0 Å². The molecule has 0 unspecified atom stereocenters. The minimum atomic E-state index is -0.590. The van der Waals surface area contributed by atoms with E-state index in [1.165, 1.54) is 13.2 Å². The number of benzene rings is 2. The molecule has 0 aliphatic rings. The van der Waals surface area contributed by atoms with E-state index in [0.29, 0.717) is 10.9 Å². The third kappa shape index (κ3) is 4.66. The molecule has 0 fully saturated rings. The maximum atomic E-state index is 12.5. The minimum Gasteiger partial charge on any atom is -0.507 e. The van der Waals surface area contributed by atoms with Crippen molar-refractivity contribution in [2.24, 2.45) is 5.92 Å². The normalized spacial score (nSPS) is 11.7. The standard InChI is InChI=1S/C18H17BrO4/c1-23-18(22)13(9-12-5-3-2-4-6-12)10-17(21)15-11-14(19)7-8-16(15)20/h2-8,11,13,20H,9-10H2,1H3/t13-/m1/s1. The zero-order chi connectivity index (χ0) is 16.8. The Morgan fingerprint density at radius 2 is 1.87 bits per heavy atom. The number of rotatable bonds is 6. The minimum absolute atomic E-state index is 0.0222. The van der Waals surface area contributed by atoms with E-state index in [2.05, 4.69) is 15.9 Å². The Morgan fingerprint density at radius 3 is 2.52 bits per heavy atom. The van der Waals surface area contributed by atoms with Gasteiger partial charge < -0.3 is 9.84 Å². The number of aromatic hydroxyl groups is 1. The Morgan fingerprint density at radius 1 is 1.17 bits per heavy atom. The molecule has 4 nitrogen and oxygen atoms in total. The monoisotopic (exact) mass is 376 g/mol. The molecule has 2 aromatic rings. The molecular weight excluding hydrogens is 360 g/mol. The number of carbonyl (C=O) groups is 2. The van der Waals surface area contributed by atoms with Gasteiger partial charge in [-0.1, -0.05) is 46.3 Å². The Labute approximate surface area is 143 Å². The van der Waals surface area contributed by atoms with E-state index in [-0.39, 0.29) is 23.5 Å². The molecular formula is C18H17BrO4. The topological polar surface area (TPSA) is 63.6 Å². The van der Waals surface area contributed by atoms with Crippen LogP contribution in [0, 0.1) is 5.92 Å². The lowest BCUT2D eigenvalue weighted by Gasteiger charge is -2.14. The molecule has 0 saturated heterocycles. The zero-order valence-corrected chi connectivity index (χ0v) is 14.2. The molecule has 2 rings (SSSR count). The van der Waals surface area contributed by atoms with Crippen LogP contribution in [0.4, 0.5) is 0 Å². The second-order valence-electron chi connectivity index (χ2n) is 5.20. The Hall–Kier alpha value is -2.14. The average molecular weight is 377 g/mol. The summed E-state index contributed by atoms with van der Waals surface area (Å²) < 4.78 is 5.50. The van der Waals surface area contributed by atoms with Gasteiger partial charge in [-0.15, -0.1) is 0 Å². The lowest BCUT2D eigenvalue weighted by Crippen LogP contribution is -2.22. The first-order valence-electron chi connectivity index (χ1n) is 7.14. The van der Waals surface area contributed by atoms with Crippen LogP contribution in [0.2, 0.25) is 0 Å². The third-order valence-electron chi connectivity index (χ3n) is 3.55. The molecule has 23 heavy (non-hydrogen) atoms. The fourth-order valence-corrected chi connectivity index (χ4v) is 2.73.